The number of carbonyl (C=O) groups excluding carboxylic acids is 1. The monoisotopic (exact) mass is 223 g/mol. The van der Waals surface area contributed by atoms with E-state index in [4.69, 9.17) is 0 Å². The van der Waals surface area contributed by atoms with Gasteiger partial charge in [0.25, 0.3) is 5.91 Å². The van der Waals surface area contributed by atoms with Crippen LogP contribution in [0, 0.1) is 5.82 Å². The summed E-state index contributed by atoms with van der Waals surface area (Å²) in [6, 6.07) is 5.79. The summed E-state index contributed by atoms with van der Waals surface area (Å²) in [6.07, 6.45) is 0.852. The lowest BCUT2D eigenvalue weighted by atomic mass is 9.99. The van der Waals surface area contributed by atoms with Gasteiger partial charge in [-0.05, 0) is 38.5 Å². The number of carbonyl (C=O) groups is 1. The molecule has 0 heterocycles. The third kappa shape index (κ3) is 2.60. The molecule has 0 saturated heterocycles. The molecule has 0 aromatic heterocycles. The first kappa shape index (κ1) is 12.7. The second kappa shape index (κ2) is 4.64. The van der Waals surface area contributed by atoms with E-state index in [2.05, 4.69) is 0 Å². The van der Waals surface area contributed by atoms with Gasteiger partial charge in [-0.2, -0.15) is 0 Å². The van der Waals surface area contributed by atoms with E-state index in [0.717, 1.165) is 6.42 Å². The molecule has 1 aromatic carbocycles. The highest BCUT2D eigenvalue weighted by atomic mass is 19.1. The molecule has 0 fully saturated rings. The van der Waals surface area contributed by atoms with E-state index in [0.29, 0.717) is 5.56 Å². The molecule has 0 aliphatic rings. The van der Waals surface area contributed by atoms with Gasteiger partial charge in [0.1, 0.15) is 5.82 Å². The standard InChI is InChI=1S/C13H18FNO/c1-5-13(2,3)15(4)12(16)10-7-6-8-11(14)9-10/h6-9H,5H2,1-4H3. The van der Waals surface area contributed by atoms with Crippen molar-refractivity contribution in [3.05, 3.63) is 35.6 Å². The van der Waals surface area contributed by atoms with Crippen molar-refractivity contribution in [1.29, 1.82) is 0 Å². The van der Waals surface area contributed by atoms with Crippen molar-refractivity contribution < 1.29 is 9.18 Å². The number of hydrogen-bond acceptors (Lipinski definition) is 1. The highest BCUT2D eigenvalue weighted by Crippen LogP contribution is 2.19. The fraction of sp³-hybridized carbons (Fsp3) is 0.462. The van der Waals surface area contributed by atoms with Crippen LogP contribution in [0.15, 0.2) is 24.3 Å². The van der Waals surface area contributed by atoms with Gasteiger partial charge < -0.3 is 4.90 Å². The van der Waals surface area contributed by atoms with Crippen LogP contribution in [0.5, 0.6) is 0 Å². The molecule has 0 saturated carbocycles. The molecule has 0 N–H and O–H groups in total. The summed E-state index contributed by atoms with van der Waals surface area (Å²) in [5.41, 5.74) is 0.174. The van der Waals surface area contributed by atoms with E-state index in [1.165, 1.54) is 12.1 Å². The van der Waals surface area contributed by atoms with Gasteiger partial charge in [0, 0.05) is 18.2 Å². The summed E-state index contributed by atoms with van der Waals surface area (Å²) in [7, 11) is 1.75. The molecule has 0 aliphatic heterocycles. The van der Waals surface area contributed by atoms with Crippen LogP contribution in [0.1, 0.15) is 37.6 Å². The minimum absolute atomic E-state index is 0.147. The first-order chi connectivity index (χ1) is 7.38. The fourth-order valence-corrected chi connectivity index (χ4v) is 1.33. The van der Waals surface area contributed by atoms with E-state index in [-0.39, 0.29) is 17.3 Å². The molecule has 0 aliphatic carbocycles. The molecule has 88 valence electrons. The maximum absolute atomic E-state index is 13.0. The average Bonchev–Trinajstić information content (AvgIpc) is 2.27. The van der Waals surface area contributed by atoms with Gasteiger partial charge in [-0.1, -0.05) is 13.0 Å². The zero-order valence-electron chi connectivity index (χ0n) is 10.2. The summed E-state index contributed by atoms with van der Waals surface area (Å²) in [6.45, 7) is 6.00. The van der Waals surface area contributed by atoms with Gasteiger partial charge in [-0.3, -0.25) is 4.79 Å². The number of hydrogen-bond donors (Lipinski definition) is 0. The number of halogens is 1. The third-order valence-corrected chi connectivity index (χ3v) is 3.15. The van der Waals surface area contributed by atoms with Crippen LogP contribution in [-0.2, 0) is 0 Å². The van der Waals surface area contributed by atoms with Crippen molar-refractivity contribution in [2.75, 3.05) is 7.05 Å². The average molecular weight is 223 g/mol. The fourth-order valence-electron chi connectivity index (χ4n) is 1.33. The van der Waals surface area contributed by atoms with Gasteiger partial charge in [0.05, 0.1) is 0 Å². The highest BCUT2D eigenvalue weighted by molar-refractivity contribution is 5.94. The van der Waals surface area contributed by atoms with Crippen molar-refractivity contribution in [2.45, 2.75) is 32.7 Å². The van der Waals surface area contributed by atoms with E-state index in [1.54, 1.807) is 24.1 Å². The van der Waals surface area contributed by atoms with E-state index < -0.39 is 0 Å². The molecular formula is C13H18FNO. The molecule has 16 heavy (non-hydrogen) atoms. The van der Waals surface area contributed by atoms with Crippen molar-refractivity contribution in [1.82, 2.24) is 4.90 Å². The molecule has 0 unspecified atom stereocenters. The minimum Gasteiger partial charge on any atom is -0.337 e. The largest absolute Gasteiger partial charge is 0.337 e. The van der Waals surface area contributed by atoms with Gasteiger partial charge in [-0.15, -0.1) is 0 Å². The molecule has 0 spiro atoms. The van der Waals surface area contributed by atoms with Crippen LogP contribution in [-0.4, -0.2) is 23.4 Å². The van der Waals surface area contributed by atoms with Crippen LogP contribution >= 0.6 is 0 Å². The molecule has 3 heteroatoms. The first-order valence-corrected chi connectivity index (χ1v) is 5.42. The summed E-state index contributed by atoms with van der Waals surface area (Å²) < 4.78 is 13.0. The predicted molar refractivity (Wildman–Crippen MR) is 62.9 cm³/mol. The summed E-state index contributed by atoms with van der Waals surface area (Å²) in [5, 5.41) is 0. The maximum atomic E-state index is 13.0. The summed E-state index contributed by atoms with van der Waals surface area (Å²) >= 11 is 0. The van der Waals surface area contributed by atoms with Crippen LogP contribution in [0.25, 0.3) is 0 Å². The molecule has 0 radical (unpaired) electrons. The Labute approximate surface area is 96.1 Å². The summed E-state index contributed by atoms with van der Waals surface area (Å²) in [5.74, 6) is -0.528. The molecule has 1 rings (SSSR count). The lowest BCUT2D eigenvalue weighted by molar-refractivity contribution is 0.0620. The van der Waals surface area contributed by atoms with Crippen LogP contribution in [0.4, 0.5) is 4.39 Å². The van der Waals surface area contributed by atoms with Crippen molar-refractivity contribution in [3.8, 4) is 0 Å². The Morgan fingerprint density at radius 1 is 1.44 bits per heavy atom. The zero-order valence-corrected chi connectivity index (χ0v) is 10.2. The Morgan fingerprint density at radius 3 is 2.56 bits per heavy atom. The highest BCUT2D eigenvalue weighted by Gasteiger charge is 2.26. The molecule has 1 amide bonds. The van der Waals surface area contributed by atoms with Gasteiger partial charge >= 0.3 is 0 Å². The second-order valence-corrected chi connectivity index (χ2v) is 4.54. The van der Waals surface area contributed by atoms with Crippen molar-refractivity contribution in [3.63, 3.8) is 0 Å². The predicted octanol–water partition coefficient (Wildman–Crippen LogP) is 3.09. The summed E-state index contributed by atoms with van der Waals surface area (Å²) in [4.78, 5) is 13.7. The Morgan fingerprint density at radius 2 is 2.06 bits per heavy atom. The Balaban J connectivity index is 2.95. The Hall–Kier alpha value is -1.38. The number of benzene rings is 1. The maximum Gasteiger partial charge on any atom is 0.254 e. The number of amides is 1. The lowest BCUT2D eigenvalue weighted by Gasteiger charge is -2.34. The van der Waals surface area contributed by atoms with Crippen LogP contribution in [0.2, 0.25) is 0 Å². The Kier molecular flexibility index (Phi) is 3.68. The number of nitrogens with zero attached hydrogens (tertiary/aromatic N) is 1. The van der Waals surface area contributed by atoms with Crippen LogP contribution in [0.3, 0.4) is 0 Å². The SMILES string of the molecule is CCC(C)(C)N(C)C(=O)c1cccc(F)c1. The van der Waals surface area contributed by atoms with Gasteiger partial charge in [0.2, 0.25) is 0 Å². The van der Waals surface area contributed by atoms with Crippen LogP contribution < -0.4 is 0 Å². The van der Waals surface area contributed by atoms with E-state index >= 15 is 0 Å². The van der Waals surface area contributed by atoms with Crippen molar-refractivity contribution >= 4 is 5.91 Å². The second-order valence-electron chi connectivity index (χ2n) is 4.54. The van der Waals surface area contributed by atoms with Gasteiger partial charge in [0.15, 0.2) is 0 Å². The molecule has 1 aromatic rings. The molecular weight excluding hydrogens is 205 g/mol. The molecule has 0 bridgehead atoms. The third-order valence-electron chi connectivity index (χ3n) is 3.15. The van der Waals surface area contributed by atoms with Crippen molar-refractivity contribution in [2.24, 2.45) is 0 Å². The van der Waals surface area contributed by atoms with Gasteiger partial charge in [-0.25, -0.2) is 4.39 Å². The minimum atomic E-state index is -0.381. The van der Waals surface area contributed by atoms with E-state index in [1.807, 2.05) is 20.8 Å². The first-order valence-electron chi connectivity index (χ1n) is 5.42. The number of rotatable bonds is 3. The zero-order chi connectivity index (χ0) is 12.3. The topological polar surface area (TPSA) is 20.3 Å². The smallest absolute Gasteiger partial charge is 0.254 e. The van der Waals surface area contributed by atoms with E-state index in [9.17, 15) is 9.18 Å². The Bertz CT molecular complexity index is 387. The molecule has 2 nitrogen and oxygen atoms in total. The quantitative estimate of drug-likeness (QED) is 0.771. The lowest BCUT2D eigenvalue weighted by Crippen LogP contribution is -2.44. The molecule has 0 atom stereocenters. The normalized spacial score (nSPS) is 11.3.